The van der Waals surface area contributed by atoms with Crippen molar-refractivity contribution >= 4 is 27.2 Å². The second kappa shape index (κ2) is 5.43. The molecule has 0 atom stereocenters. The molecule has 0 bridgehead atoms. The lowest BCUT2D eigenvalue weighted by atomic mass is 9.68. The molecule has 25 heavy (non-hydrogen) atoms. The Morgan fingerprint density at radius 1 is 1.16 bits per heavy atom. The molecule has 2 aliphatic carbocycles. The molecule has 2 aromatic carbocycles. The van der Waals surface area contributed by atoms with Crippen LogP contribution < -0.4 is 4.74 Å². The second-order valence-electron chi connectivity index (χ2n) is 7.14. The van der Waals surface area contributed by atoms with Gasteiger partial charge in [0.1, 0.15) is 0 Å². The first-order valence-corrected chi connectivity index (χ1v) is 9.00. The van der Waals surface area contributed by atoms with E-state index in [1.165, 1.54) is 29.4 Å². The molecule has 0 fully saturated rings. The highest BCUT2D eigenvalue weighted by molar-refractivity contribution is 9.10. The van der Waals surface area contributed by atoms with E-state index in [-0.39, 0.29) is 10.6 Å². The van der Waals surface area contributed by atoms with Gasteiger partial charge in [0.15, 0.2) is 5.75 Å². The minimum atomic E-state index is -0.411. The van der Waals surface area contributed by atoms with Crippen molar-refractivity contribution in [2.24, 2.45) is 0 Å². The average molecular weight is 400 g/mol. The Kier molecular flexibility index (Phi) is 3.55. The highest BCUT2D eigenvalue weighted by Gasteiger charge is 2.43. The summed E-state index contributed by atoms with van der Waals surface area (Å²) in [5, 5.41) is 11.8. The van der Waals surface area contributed by atoms with Crippen molar-refractivity contribution in [2.45, 2.75) is 32.1 Å². The molecular formula is C20H18BrNO3. The molecule has 0 aliphatic heterocycles. The molecule has 4 rings (SSSR count). The van der Waals surface area contributed by atoms with Crippen molar-refractivity contribution in [1.29, 1.82) is 0 Å². The van der Waals surface area contributed by atoms with Gasteiger partial charge in [-0.25, -0.2) is 0 Å². The lowest BCUT2D eigenvalue weighted by molar-refractivity contribution is -0.386. The topological polar surface area (TPSA) is 52.4 Å². The van der Waals surface area contributed by atoms with E-state index in [4.69, 9.17) is 4.74 Å². The summed E-state index contributed by atoms with van der Waals surface area (Å²) in [4.78, 5) is 11.5. The van der Waals surface area contributed by atoms with E-state index < -0.39 is 5.41 Å². The fourth-order valence-electron chi connectivity index (χ4n) is 4.41. The molecule has 128 valence electrons. The lowest BCUT2D eigenvalue weighted by Crippen LogP contribution is -2.28. The Morgan fingerprint density at radius 2 is 1.92 bits per heavy atom. The van der Waals surface area contributed by atoms with Crippen LogP contribution in [0.5, 0.6) is 5.75 Å². The first-order chi connectivity index (χ1) is 11.8. The van der Waals surface area contributed by atoms with Gasteiger partial charge in [0.2, 0.25) is 0 Å². The van der Waals surface area contributed by atoms with Crippen molar-refractivity contribution in [3.8, 4) is 5.75 Å². The van der Waals surface area contributed by atoms with Crippen LogP contribution in [0, 0.1) is 10.1 Å². The first-order valence-electron chi connectivity index (χ1n) is 8.20. The van der Waals surface area contributed by atoms with Crippen LogP contribution in [0.4, 0.5) is 5.69 Å². The molecule has 0 heterocycles. The number of nitrogens with zero attached hydrogens (tertiary/aromatic N) is 1. The van der Waals surface area contributed by atoms with Gasteiger partial charge in [-0.2, -0.15) is 0 Å². The van der Waals surface area contributed by atoms with Gasteiger partial charge >= 0.3 is 5.69 Å². The molecule has 0 N–H and O–H groups in total. The zero-order valence-electron chi connectivity index (χ0n) is 14.4. The fraction of sp³-hybridized carbons (Fsp3) is 0.300. The zero-order valence-corrected chi connectivity index (χ0v) is 15.9. The Hall–Kier alpha value is -2.14. The van der Waals surface area contributed by atoms with Gasteiger partial charge in [-0.15, -0.1) is 0 Å². The number of nitro benzene ring substituents is 1. The predicted octanol–water partition coefficient (Wildman–Crippen LogP) is 5.21. The molecule has 0 spiro atoms. The maximum Gasteiger partial charge on any atom is 0.315 e. The summed E-state index contributed by atoms with van der Waals surface area (Å²) in [5.41, 5.74) is 6.67. The second-order valence-corrected chi connectivity index (χ2v) is 8.06. The maximum absolute atomic E-state index is 11.8. The van der Waals surface area contributed by atoms with E-state index in [2.05, 4.69) is 48.0 Å². The number of fused-ring (bicyclic) bond motifs is 3. The van der Waals surface area contributed by atoms with E-state index in [0.29, 0.717) is 5.75 Å². The summed E-state index contributed by atoms with van der Waals surface area (Å²) >= 11 is 3.55. The quantitative estimate of drug-likeness (QED) is 0.514. The average Bonchev–Trinajstić information content (AvgIpc) is 2.92. The highest BCUT2D eigenvalue weighted by atomic mass is 79.9. The summed E-state index contributed by atoms with van der Waals surface area (Å²) in [6.45, 7) is 4.18. The highest BCUT2D eigenvalue weighted by Crippen LogP contribution is 2.53. The summed E-state index contributed by atoms with van der Waals surface area (Å²) in [7, 11) is 1.48. The molecular weight excluding hydrogens is 382 g/mol. The van der Waals surface area contributed by atoms with Gasteiger partial charge in [-0.1, -0.05) is 47.5 Å². The van der Waals surface area contributed by atoms with Gasteiger partial charge in [0.25, 0.3) is 0 Å². The normalized spacial score (nSPS) is 17.0. The number of methoxy groups -OCH3 is 1. The third kappa shape index (κ3) is 2.25. The third-order valence-corrected chi connectivity index (χ3v) is 5.99. The number of ether oxygens (including phenoxy) is 1. The van der Waals surface area contributed by atoms with Crippen LogP contribution in [0.15, 0.2) is 40.4 Å². The monoisotopic (exact) mass is 399 g/mol. The number of halogens is 1. The van der Waals surface area contributed by atoms with E-state index >= 15 is 0 Å². The van der Waals surface area contributed by atoms with E-state index in [9.17, 15) is 10.1 Å². The largest absolute Gasteiger partial charge is 0.490 e. The number of hydrogen-bond donors (Lipinski definition) is 0. The van der Waals surface area contributed by atoms with E-state index in [1.54, 1.807) is 6.07 Å². The van der Waals surface area contributed by atoms with Gasteiger partial charge in [-0.05, 0) is 53.3 Å². The molecule has 2 aliphatic rings. The first kappa shape index (κ1) is 16.3. The van der Waals surface area contributed by atoms with Crippen molar-refractivity contribution in [2.75, 3.05) is 7.11 Å². The molecule has 0 amide bonds. The van der Waals surface area contributed by atoms with E-state index in [0.717, 1.165) is 28.4 Å². The Balaban J connectivity index is 1.95. The van der Waals surface area contributed by atoms with Crippen LogP contribution in [0.3, 0.4) is 0 Å². The van der Waals surface area contributed by atoms with Crippen LogP contribution in [-0.4, -0.2) is 12.0 Å². The van der Waals surface area contributed by atoms with Crippen molar-refractivity contribution < 1.29 is 9.66 Å². The molecule has 2 aromatic rings. The van der Waals surface area contributed by atoms with Crippen LogP contribution in [0.2, 0.25) is 0 Å². The van der Waals surface area contributed by atoms with E-state index in [1.807, 2.05) is 6.07 Å². The third-order valence-electron chi connectivity index (χ3n) is 5.50. The van der Waals surface area contributed by atoms with Gasteiger partial charge in [0, 0.05) is 15.5 Å². The summed E-state index contributed by atoms with van der Waals surface area (Å²) in [6.07, 6.45) is 1.57. The molecule has 0 unspecified atom stereocenters. The van der Waals surface area contributed by atoms with Gasteiger partial charge in [-0.3, -0.25) is 10.1 Å². The van der Waals surface area contributed by atoms with Crippen molar-refractivity contribution in [3.63, 3.8) is 0 Å². The van der Waals surface area contributed by atoms with Crippen molar-refractivity contribution in [1.82, 2.24) is 0 Å². The van der Waals surface area contributed by atoms with Crippen LogP contribution >= 0.6 is 15.9 Å². The smallest absolute Gasteiger partial charge is 0.315 e. The number of rotatable bonds is 2. The molecule has 5 heteroatoms. The lowest BCUT2D eigenvalue weighted by Gasteiger charge is -2.35. The molecule has 0 radical (unpaired) electrons. The predicted molar refractivity (Wildman–Crippen MR) is 101 cm³/mol. The zero-order chi connectivity index (χ0) is 17.9. The van der Waals surface area contributed by atoms with Crippen LogP contribution in [0.1, 0.15) is 36.1 Å². The Morgan fingerprint density at radius 3 is 2.60 bits per heavy atom. The Labute approximate surface area is 154 Å². The molecule has 0 saturated carbocycles. The number of allylic oxidation sites excluding steroid dienone is 2. The molecule has 0 aromatic heterocycles. The molecule has 4 nitrogen and oxygen atoms in total. The van der Waals surface area contributed by atoms with Gasteiger partial charge in [0.05, 0.1) is 12.0 Å². The summed E-state index contributed by atoms with van der Waals surface area (Å²) in [6, 6.07) is 10.1. The van der Waals surface area contributed by atoms with Crippen LogP contribution in [0.25, 0.3) is 5.57 Å². The fourth-order valence-corrected chi connectivity index (χ4v) is 4.82. The summed E-state index contributed by atoms with van der Waals surface area (Å²) in [5.74, 6) is 0.333. The standard InChI is InChI=1S/C20H18BrNO3/c1-20(2)16-10-12-8-13(21)5-6-14(12)15(16)9-11-4-7-17(25-3)19(18(11)20)22(23)24/h4-8H,9-10H2,1-3H3. The SMILES string of the molecule is COc1ccc2c(c1[N+](=O)[O-])C(C)(C)C1=C(C2)c2ccc(Br)cc2C1. The van der Waals surface area contributed by atoms with Crippen molar-refractivity contribution in [3.05, 3.63) is 72.7 Å². The van der Waals surface area contributed by atoms with Gasteiger partial charge < -0.3 is 4.74 Å². The number of nitro groups is 1. The minimum Gasteiger partial charge on any atom is -0.490 e. The Bertz CT molecular complexity index is 960. The maximum atomic E-state index is 11.8. The number of hydrogen-bond acceptors (Lipinski definition) is 3. The molecule has 0 saturated heterocycles. The summed E-state index contributed by atoms with van der Waals surface area (Å²) < 4.78 is 6.35. The van der Waals surface area contributed by atoms with Crippen LogP contribution in [-0.2, 0) is 18.3 Å². The number of benzene rings is 2. The minimum absolute atomic E-state index is 0.105.